The summed E-state index contributed by atoms with van der Waals surface area (Å²) in [5.41, 5.74) is 0. The molecule has 0 radical (unpaired) electrons. The predicted octanol–water partition coefficient (Wildman–Crippen LogP) is 1.75. The maximum Gasteiger partial charge on any atom is 0.320 e. The minimum atomic E-state index is -0.828. The quantitative estimate of drug-likeness (QED) is 0.798. The predicted molar refractivity (Wildman–Crippen MR) is 52.0 cm³/mol. The lowest BCUT2D eigenvalue weighted by molar-refractivity contribution is -0.142. The molecule has 0 bridgehead atoms. The molecule has 0 saturated carbocycles. The van der Waals surface area contributed by atoms with Gasteiger partial charge >= 0.3 is 5.97 Å². The zero-order valence-electron chi connectivity index (χ0n) is 8.60. The fourth-order valence-electron chi connectivity index (χ4n) is 1.24. The summed E-state index contributed by atoms with van der Waals surface area (Å²) in [6.45, 7) is 3.57. The lowest BCUT2D eigenvalue weighted by Crippen LogP contribution is -2.37. The Morgan fingerprint density at radius 3 is 2.64 bits per heavy atom. The van der Waals surface area contributed by atoms with Gasteiger partial charge < -0.3 is 9.52 Å². The minimum Gasteiger partial charge on any atom is -0.480 e. The van der Waals surface area contributed by atoms with Crippen molar-refractivity contribution in [1.29, 1.82) is 0 Å². The van der Waals surface area contributed by atoms with Crippen LogP contribution in [0.25, 0.3) is 0 Å². The normalized spacial score (nSPS) is 15.4. The summed E-state index contributed by atoms with van der Waals surface area (Å²) in [4.78, 5) is 12.5. The van der Waals surface area contributed by atoms with E-state index in [2.05, 4.69) is 0 Å². The fourth-order valence-corrected chi connectivity index (χ4v) is 1.24. The van der Waals surface area contributed by atoms with Crippen molar-refractivity contribution in [3.63, 3.8) is 0 Å². The Morgan fingerprint density at radius 1 is 1.57 bits per heavy atom. The lowest BCUT2D eigenvalue weighted by Gasteiger charge is -2.26. The number of carbonyl (C=O) groups is 1. The van der Waals surface area contributed by atoms with Crippen molar-refractivity contribution in [2.75, 3.05) is 7.05 Å². The molecule has 1 aromatic rings. The van der Waals surface area contributed by atoms with E-state index in [-0.39, 0.29) is 6.04 Å². The van der Waals surface area contributed by atoms with E-state index in [1.54, 1.807) is 31.2 Å². The molecule has 2 unspecified atom stereocenters. The third kappa shape index (κ3) is 2.14. The molecule has 0 aliphatic rings. The van der Waals surface area contributed by atoms with Gasteiger partial charge in [-0.3, -0.25) is 9.69 Å². The van der Waals surface area contributed by atoms with Crippen molar-refractivity contribution in [2.24, 2.45) is 0 Å². The molecule has 1 N–H and O–H groups in total. The van der Waals surface area contributed by atoms with E-state index in [4.69, 9.17) is 9.52 Å². The van der Waals surface area contributed by atoms with Crippen molar-refractivity contribution in [3.8, 4) is 0 Å². The number of carboxylic acid groups (broad SMARTS) is 1. The maximum absolute atomic E-state index is 10.7. The summed E-state index contributed by atoms with van der Waals surface area (Å²) in [5.74, 6) is -0.0495. The minimum absolute atomic E-state index is 0.0314. The number of hydrogen-bond acceptors (Lipinski definition) is 3. The highest BCUT2D eigenvalue weighted by atomic mass is 16.4. The number of carboxylic acids is 1. The molecule has 0 aromatic carbocycles. The van der Waals surface area contributed by atoms with Crippen molar-refractivity contribution < 1.29 is 14.3 Å². The third-order valence-electron chi connectivity index (χ3n) is 2.53. The van der Waals surface area contributed by atoms with Gasteiger partial charge in [0.25, 0.3) is 0 Å². The van der Waals surface area contributed by atoms with Crippen LogP contribution >= 0.6 is 0 Å². The van der Waals surface area contributed by atoms with E-state index in [0.29, 0.717) is 0 Å². The topological polar surface area (TPSA) is 53.7 Å². The van der Waals surface area contributed by atoms with Crippen LogP contribution in [0.15, 0.2) is 22.8 Å². The Hall–Kier alpha value is -1.29. The van der Waals surface area contributed by atoms with Crippen LogP contribution in [0, 0.1) is 0 Å². The third-order valence-corrected chi connectivity index (χ3v) is 2.53. The molecule has 1 heterocycles. The number of hydrogen-bond donors (Lipinski definition) is 1. The molecule has 1 aromatic heterocycles. The second-order valence-corrected chi connectivity index (χ2v) is 3.37. The summed E-state index contributed by atoms with van der Waals surface area (Å²) >= 11 is 0. The van der Waals surface area contributed by atoms with Gasteiger partial charge in [-0.05, 0) is 33.0 Å². The second-order valence-electron chi connectivity index (χ2n) is 3.37. The standard InChI is InChI=1S/C10H15NO3/c1-7(9-5-4-6-14-9)11(3)8(2)10(12)13/h4-8H,1-3H3,(H,12,13). The molecule has 0 fully saturated rings. The van der Waals surface area contributed by atoms with E-state index < -0.39 is 12.0 Å². The smallest absolute Gasteiger partial charge is 0.320 e. The highest BCUT2D eigenvalue weighted by molar-refractivity contribution is 5.72. The number of furan rings is 1. The monoisotopic (exact) mass is 197 g/mol. The zero-order chi connectivity index (χ0) is 10.7. The molecule has 0 saturated heterocycles. The molecule has 4 nitrogen and oxygen atoms in total. The van der Waals surface area contributed by atoms with E-state index in [0.717, 1.165) is 5.76 Å². The first-order valence-electron chi connectivity index (χ1n) is 4.52. The van der Waals surface area contributed by atoms with Gasteiger partial charge in [-0.25, -0.2) is 0 Å². The van der Waals surface area contributed by atoms with Crippen molar-refractivity contribution >= 4 is 5.97 Å². The van der Waals surface area contributed by atoms with Crippen LogP contribution in [-0.4, -0.2) is 29.1 Å². The molecule has 0 amide bonds. The van der Waals surface area contributed by atoms with Crippen LogP contribution in [0.4, 0.5) is 0 Å². The molecular weight excluding hydrogens is 182 g/mol. The van der Waals surface area contributed by atoms with E-state index in [9.17, 15) is 4.79 Å². The molecule has 78 valence electrons. The Kier molecular flexibility index (Phi) is 3.30. The summed E-state index contributed by atoms with van der Waals surface area (Å²) in [6.07, 6.45) is 1.59. The van der Waals surface area contributed by atoms with Crippen LogP contribution in [0.5, 0.6) is 0 Å². The summed E-state index contributed by atoms with van der Waals surface area (Å²) < 4.78 is 5.21. The molecular formula is C10H15NO3. The van der Waals surface area contributed by atoms with E-state index in [1.165, 1.54) is 0 Å². The largest absolute Gasteiger partial charge is 0.480 e. The number of nitrogens with zero attached hydrogens (tertiary/aromatic N) is 1. The SMILES string of the molecule is CC(C(=O)O)N(C)C(C)c1ccco1. The Bertz CT molecular complexity index is 294. The molecule has 4 heteroatoms. The van der Waals surface area contributed by atoms with Gasteiger partial charge in [-0.1, -0.05) is 0 Å². The van der Waals surface area contributed by atoms with Gasteiger partial charge in [0, 0.05) is 0 Å². The van der Waals surface area contributed by atoms with Crippen LogP contribution in [0.2, 0.25) is 0 Å². The molecule has 2 atom stereocenters. The Balaban J connectivity index is 2.70. The van der Waals surface area contributed by atoms with Crippen molar-refractivity contribution in [3.05, 3.63) is 24.2 Å². The van der Waals surface area contributed by atoms with Crippen LogP contribution in [0.3, 0.4) is 0 Å². The Labute approximate surface area is 83.1 Å². The summed E-state index contributed by atoms with van der Waals surface area (Å²) in [7, 11) is 1.77. The molecule has 0 spiro atoms. The average Bonchev–Trinajstić information content (AvgIpc) is 2.67. The maximum atomic E-state index is 10.7. The van der Waals surface area contributed by atoms with Gasteiger partial charge in [0.15, 0.2) is 0 Å². The van der Waals surface area contributed by atoms with Crippen LogP contribution in [-0.2, 0) is 4.79 Å². The van der Waals surface area contributed by atoms with Gasteiger partial charge in [-0.2, -0.15) is 0 Å². The summed E-state index contributed by atoms with van der Waals surface area (Å²) in [5, 5.41) is 8.83. The summed E-state index contributed by atoms with van der Waals surface area (Å²) in [6, 6.07) is 3.09. The highest BCUT2D eigenvalue weighted by Crippen LogP contribution is 2.20. The lowest BCUT2D eigenvalue weighted by atomic mass is 10.2. The molecule has 0 aliphatic carbocycles. The number of aliphatic carboxylic acids is 1. The first-order valence-corrected chi connectivity index (χ1v) is 4.52. The van der Waals surface area contributed by atoms with Crippen LogP contribution in [0.1, 0.15) is 25.6 Å². The molecule has 14 heavy (non-hydrogen) atoms. The average molecular weight is 197 g/mol. The Morgan fingerprint density at radius 2 is 2.21 bits per heavy atom. The van der Waals surface area contributed by atoms with Gasteiger partial charge in [0.05, 0.1) is 12.3 Å². The number of likely N-dealkylation sites (N-methyl/N-ethyl adjacent to an activating group) is 1. The van der Waals surface area contributed by atoms with Crippen LogP contribution < -0.4 is 0 Å². The van der Waals surface area contributed by atoms with Gasteiger partial charge in [-0.15, -0.1) is 0 Å². The van der Waals surface area contributed by atoms with Crippen molar-refractivity contribution in [1.82, 2.24) is 4.90 Å². The number of rotatable bonds is 4. The van der Waals surface area contributed by atoms with E-state index >= 15 is 0 Å². The first kappa shape index (κ1) is 10.8. The van der Waals surface area contributed by atoms with Gasteiger partial charge in [0.1, 0.15) is 11.8 Å². The molecule has 0 aliphatic heterocycles. The second kappa shape index (κ2) is 4.28. The molecule has 1 rings (SSSR count). The van der Waals surface area contributed by atoms with Gasteiger partial charge in [0.2, 0.25) is 0 Å². The zero-order valence-corrected chi connectivity index (χ0v) is 8.60. The fraction of sp³-hybridized carbons (Fsp3) is 0.500. The van der Waals surface area contributed by atoms with E-state index in [1.807, 2.05) is 13.0 Å². The highest BCUT2D eigenvalue weighted by Gasteiger charge is 2.23. The van der Waals surface area contributed by atoms with Crippen molar-refractivity contribution in [2.45, 2.75) is 25.9 Å². The first-order chi connectivity index (χ1) is 6.54.